The molecule has 5 nitrogen and oxygen atoms in total. The maximum atomic E-state index is 11.0. The lowest BCUT2D eigenvalue weighted by Crippen LogP contribution is -2.35. The fourth-order valence-electron chi connectivity index (χ4n) is 1.94. The van der Waals surface area contributed by atoms with Gasteiger partial charge in [0.25, 0.3) is 0 Å². The van der Waals surface area contributed by atoms with Gasteiger partial charge in [0, 0.05) is 24.5 Å². The van der Waals surface area contributed by atoms with Crippen molar-refractivity contribution in [2.24, 2.45) is 0 Å². The number of anilines is 1. The van der Waals surface area contributed by atoms with Crippen molar-refractivity contribution in [1.82, 2.24) is 9.36 Å². The van der Waals surface area contributed by atoms with E-state index in [2.05, 4.69) is 16.3 Å². The fourth-order valence-corrected chi connectivity index (χ4v) is 2.73. The van der Waals surface area contributed by atoms with E-state index in [1.807, 2.05) is 4.90 Å². The van der Waals surface area contributed by atoms with Gasteiger partial charge in [0.15, 0.2) is 0 Å². The Bertz CT molecular complexity index is 380. The van der Waals surface area contributed by atoms with Crippen molar-refractivity contribution in [3.8, 4) is 0 Å². The minimum Gasteiger partial charge on any atom is -0.480 e. The van der Waals surface area contributed by atoms with E-state index in [0.717, 1.165) is 36.8 Å². The number of aliphatic carboxylic acids is 1. The Morgan fingerprint density at radius 3 is 3.19 bits per heavy atom. The van der Waals surface area contributed by atoms with Crippen LogP contribution in [0.4, 0.5) is 5.13 Å². The third-order valence-corrected chi connectivity index (χ3v) is 3.51. The number of hydrogen-bond donors (Lipinski definition) is 1. The van der Waals surface area contributed by atoms with Gasteiger partial charge in [-0.1, -0.05) is 6.92 Å². The van der Waals surface area contributed by atoms with E-state index in [4.69, 9.17) is 5.11 Å². The van der Waals surface area contributed by atoms with E-state index >= 15 is 0 Å². The monoisotopic (exact) mass is 241 g/mol. The van der Waals surface area contributed by atoms with Crippen LogP contribution >= 0.6 is 11.5 Å². The number of carboxylic acid groups (broad SMARTS) is 1. The highest BCUT2D eigenvalue weighted by molar-refractivity contribution is 7.09. The van der Waals surface area contributed by atoms with Gasteiger partial charge in [-0.2, -0.15) is 4.37 Å². The first-order chi connectivity index (χ1) is 7.72. The topological polar surface area (TPSA) is 66.3 Å². The first-order valence-electron chi connectivity index (χ1n) is 5.54. The van der Waals surface area contributed by atoms with E-state index in [-0.39, 0.29) is 0 Å². The molecule has 1 aliphatic rings. The molecule has 1 atom stereocenters. The first-order valence-corrected chi connectivity index (χ1v) is 6.31. The quantitative estimate of drug-likeness (QED) is 0.866. The highest BCUT2D eigenvalue weighted by atomic mass is 32.1. The Balaban J connectivity index is 2.13. The smallest absolute Gasteiger partial charge is 0.326 e. The summed E-state index contributed by atoms with van der Waals surface area (Å²) >= 11 is 1.31. The Kier molecular flexibility index (Phi) is 3.38. The zero-order valence-electron chi connectivity index (χ0n) is 9.22. The molecule has 0 bridgehead atoms. The Hall–Kier alpha value is -1.17. The molecule has 0 radical (unpaired) electrons. The lowest BCUT2D eigenvalue weighted by molar-refractivity contribution is -0.138. The molecule has 0 unspecified atom stereocenters. The molecule has 1 aliphatic heterocycles. The summed E-state index contributed by atoms with van der Waals surface area (Å²) in [5, 5.41) is 9.83. The number of hydrogen-bond acceptors (Lipinski definition) is 5. The second-order valence-electron chi connectivity index (χ2n) is 3.93. The van der Waals surface area contributed by atoms with Gasteiger partial charge in [-0.3, -0.25) is 0 Å². The number of aryl methyl sites for hydroxylation is 1. The third kappa shape index (κ3) is 2.16. The molecule has 88 valence electrons. The van der Waals surface area contributed by atoms with E-state index < -0.39 is 12.0 Å². The van der Waals surface area contributed by atoms with E-state index in [1.54, 1.807) is 0 Å². The van der Waals surface area contributed by atoms with Crippen LogP contribution in [0.25, 0.3) is 0 Å². The molecule has 0 saturated carbocycles. The Morgan fingerprint density at radius 1 is 1.69 bits per heavy atom. The summed E-state index contributed by atoms with van der Waals surface area (Å²) < 4.78 is 4.24. The molecule has 1 aromatic heterocycles. The van der Waals surface area contributed by atoms with Crippen LogP contribution in [-0.2, 0) is 11.2 Å². The zero-order chi connectivity index (χ0) is 11.5. The van der Waals surface area contributed by atoms with Crippen molar-refractivity contribution >= 4 is 22.6 Å². The molecule has 6 heteroatoms. The molecule has 0 amide bonds. The predicted molar refractivity (Wildman–Crippen MR) is 61.9 cm³/mol. The SMILES string of the molecule is CCCc1nsc(N2CCC[C@H]2C(=O)O)n1. The van der Waals surface area contributed by atoms with Crippen LogP contribution in [0.3, 0.4) is 0 Å². The largest absolute Gasteiger partial charge is 0.480 e. The van der Waals surface area contributed by atoms with Crippen LogP contribution in [0.15, 0.2) is 0 Å². The van der Waals surface area contributed by atoms with Crippen molar-refractivity contribution in [2.75, 3.05) is 11.4 Å². The van der Waals surface area contributed by atoms with Crippen molar-refractivity contribution in [2.45, 2.75) is 38.6 Å². The highest BCUT2D eigenvalue weighted by Crippen LogP contribution is 2.27. The minimum absolute atomic E-state index is 0.414. The first kappa shape index (κ1) is 11.3. The number of nitrogens with zero attached hydrogens (tertiary/aromatic N) is 3. The summed E-state index contributed by atoms with van der Waals surface area (Å²) in [5.41, 5.74) is 0. The van der Waals surface area contributed by atoms with Gasteiger partial charge in [-0.25, -0.2) is 9.78 Å². The number of rotatable bonds is 4. The summed E-state index contributed by atoms with van der Waals surface area (Å²) in [7, 11) is 0. The van der Waals surface area contributed by atoms with Gasteiger partial charge in [-0.05, 0) is 19.3 Å². The number of aromatic nitrogens is 2. The van der Waals surface area contributed by atoms with Gasteiger partial charge >= 0.3 is 5.97 Å². The number of carbonyl (C=O) groups is 1. The zero-order valence-corrected chi connectivity index (χ0v) is 10.0. The van der Waals surface area contributed by atoms with Crippen molar-refractivity contribution in [3.63, 3.8) is 0 Å². The highest BCUT2D eigenvalue weighted by Gasteiger charge is 2.32. The van der Waals surface area contributed by atoms with Gasteiger partial charge in [0.1, 0.15) is 11.9 Å². The summed E-state index contributed by atoms with van der Waals surface area (Å²) in [6.07, 6.45) is 3.50. The molecule has 1 saturated heterocycles. The standard InChI is InChI=1S/C10H15N3O2S/c1-2-4-8-11-10(16-12-8)13-6-3-5-7(13)9(14)15/h7H,2-6H2,1H3,(H,14,15)/t7-/m0/s1. The van der Waals surface area contributed by atoms with Crippen LogP contribution in [0.2, 0.25) is 0 Å². The molecule has 16 heavy (non-hydrogen) atoms. The average Bonchev–Trinajstić information content (AvgIpc) is 2.83. The van der Waals surface area contributed by atoms with Crippen molar-refractivity contribution in [3.05, 3.63) is 5.82 Å². The molecule has 2 heterocycles. The van der Waals surface area contributed by atoms with Crippen LogP contribution in [0, 0.1) is 0 Å². The molecule has 2 rings (SSSR count). The Morgan fingerprint density at radius 2 is 2.50 bits per heavy atom. The normalized spacial score (nSPS) is 20.3. The Labute approximate surface area is 98.3 Å². The molecule has 1 N–H and O–H groups in total. The van der Waals surface area contributed by atoms with Crippen molar-refractivity contribution in [1.29, 1.82) is 0 Å². The molecule has 0 aromatic carbocycles. The summed E-state index contributed by atoms with van der Waals surface area (Å²) in [6.45, 7) is 2.86. The average molecular weight is 241 g/mol. The second-order valence-corrected chi connectivity index (χ2v) is 4.66. The number of carboxylic acids is 1. The summed E-state index contributed by atoms with van der Waals surface area (Å²) in [4.78, 5) is 17.3. The summed E-state index contributed by atoms with van der Waals surface area (Å²) in [5.74, 6) is 0.0725. The second kappa shape index (κ2) is 4.78. The van der Waals surface area contributed by atoms with Crippen LogP contribution in [-0.4, -0.2) is 33.0 Å². The van der Waals surface area contributed by atoms with Crippen LogP contribution in [0.1, 0.15) is 32.0 Å². The predicted octanol–water partition coefficient (Wildman–Crippen LogP) is 1.54. The van der Waals surface area contributed by atoms with Crippen LogP contribution in [0.5, 0.6) is 0 Å². The van der Waals surface area contributed by atoms with E-state index in [0.29, 0.717) is 6.42 Å². The van der Waals surface area contributed by atoms with E-state index in [1.165, 1.54) is 11.5 Å². The van der Waals surface area contributed by atoms with Gasteiger partial charge < -0.3 is 10.0 Å². The summed E-state index contributed by atoms with van der Waals surface area (Å²) in [6, 6.07) is -0.414. The molecule has 0 spiro atoms. The molecular formula is C10H15N3O2S. The maximum Gasteiger partial charge on any atom is 0.326 e. The van der Waals surface area contributed by atoms with Crippen molar-refractivity contribution < 1.29 is 9.90 Å². The molecule has 1 aromatic rings. The molecular weight excluding hydrogens is 226 g/mol. The van der Waals surface area contributed by atoms with Gasteiger partial charge in [0.2, 0.25) is 5.13 Å². The molecule has 1 fully saturated rings. The van der Waals surface area contributed by atoms with E-state index in [9.17, 15) is 4.79 Å². The lowest BCUT2D eigenvalue weighted by atomic mass is 10.2. The molecule has 0 aliphatic carbocycles. The van der Waals surface area contributed by atoms with Crippen LogP contribution < -0.4 is 4.90 Å². The fraction of sp³-hybridized carbons (Fsp3) is 0.700. The van der Waals surface area contributed by atoms with Gasteiger partial charge in [0.05, 0.1) is 0 Å². The maximum absolute atomic E-state index is 11.0. The lowest BCUT2D eigenvalue weighted by Gasteiger charge is -2.19. The van der Waals surface area contributed by atoms with Gasteiger partial charge in [-0.15, -0.1) is 0 Å². The minimum atomic E-state index is -0.759. The third-order valence-electron chi connectivity index (χ3n) is 2.71.